The average molecular weight is 346 g/mol. The quantitative estimate of drug-likeness (QED) is 0.664. The zero-order valence-corrected chi connectivity index (χ0v) is 14.2. The number of benzene rings is 2. The van der Waals surface area contributed by atoms with Crippen LogP contribution in [0.4, 0.5) is 0 Å². The van der Waals surface area contributed by atoms with Crippen LogP contribution in [0.1, 0.15) is 27.9 Å². The molecule has 0 fully saturated rings. The fraction of sp³-hybridized carbons (Fsp3) is 0.190. The Morgan fingerprint density at radius 2 is 1.92 bits per heavy atom. The van der Waals surface area contributed by atoms with Crippen LogP contribution in [0.25, 0.3) is 11.1 Å². The van der Waals surface area contributed by atoms with Crippen LogP contribution in [0.5, 0.6) is 0 Å². The monoisotopic (exact) mass is 346 g/mol. The lowest BCUT2D eigenvalue weighted by Crippen LogP contribution is -2.13. The predicted molar refractivity (Wildman–Crippen MR) is 96.6 cm³/mol. The number of aromatic nitrogens is 2. The van der Waals surface area contributed by atoms with Crippen molar-refractivity contribution in [1.82, 2.24) is 9.78 Å². The summed E-state index contributed by atoms with van der Waals surface area (Å²) in [5, 5.41) is 4.23. The van der Waals surface area contributed by atoms with Crippen molar-refractivity contribution < 1.29 is 14.3 Å². The van der Waals surface area contributed by atoms with E-state index in [9.17, 15) is 9.59 Å². The van der Waals surface area contributed by atoms with Gasteiger partial charge in [0.15, 0.2) is 5.78 Å². The Morgan fingerprint density at radius 3 is 2.77 bits per heavy atom. The number of hydrogen-bond acceptors (Lipinski definition) is 4. The molecule has 0 radical (unpaired) electrons. The van der Waals surface area contributed by atoms with Crippen molar-refractivity contribution in [3.63, 3.8) is 0 Å². The van der Waals surface area contributed by atoms with Gasteiger partial charge in [0, 0.05) is 23.7 Å². The Hall–Kier alpha value is -3.21. The topological polar surface area (TPSA) is 61.2 Å². The number of fused-ring (bicyclic) bond motifs is 1. The third-order valence-electron chi connectivity index (χ3n) is 4.53. The van der Waals surface area contributed by atoms with Crippen molar-refractivity contribution >= 4 is 11.8 Å². The van der Waals surface area contributed by atoms with Crippen LogP contribution in [0.15, 0.2) is 60.9 Å². The van der Waals surface area contributed by atoms with Gasteiger partial charge < -0.3 is 4.74 Å². The van der Waals surface area contributed by atoms with Gasteiger partial charge in [-0.2, -0.15) is 5.10 Å². The fourth-order valence-electron chi connectivity index (χ4n) is 3.13. The Kier molecular flexibility index (Phi) is 4.35. The third-order valence-corrected chi connectivity index (χ3v) is 4.53. The lowest BCUT2D eigenvalue weighted by atomic mass is 10.0. The maximum Gasteiger partial charge on any atom is 0.328 e. The highest BCUT2D eigenvalue weighted by Gasteiger charge is 2.20. The van der Waals surface area contributed by atoms with Crippen LogP contribution in [-0.4, -0.2) is 21.5 Å². The highest BCUT2D eigenvalue weighted by Crippen LogP contribution is 2.27. The van der Waals surface area contributed by atoms with E-state index in [4.69, 9.17) is 4.74 Å². The van der Waals surface area contributed by atoms with Gasteiger partial charge in [0.05, 0.1) is 6.20 Å². The molecule has 0 N–H and O–H groups in total. The summed E-state index contributed by atoms with van der Waals surface area (Å²) in [6, 6.07) is 15.5. The van der Waals surface area contributed by atoms with Gasteiger partial charge in [0.2, 0.25) is 0 Å². The van der Waals surface area contributed by atoms with Gasteiger partial charge >= 0.3 is 5.97 Å². The first kappa shape index (κ1) is 16.3. The number of hydrogen-bond donors (Lipinski definition) is 0. The van der Waals surface area contributed by atoms with Gasteiger partial charge in [-0.1, -0.05) is 42.5 Å². The van der Waals surface area contributed by atoms with E-state index in [0.717, 1.165) is 34.2 Å². The average Bonchev–Trinajstić information content (AvgIpc) is 3.28. The van der Waals surface area contributed by atoms with E-state index in [-0.39, 0.29) is 24.9 Å². The lowest BCUT2D eigenvalue weighted by molar-refractivity contribution is -0.145. The second kappa shape index (κ2) is 6.96. The van der Waals surface area contributed by atoms with Crippen molar-refractivity contribution in [3.8, 4) is 11.1 Å². The van der Waals surface area contributed by atoms with E-state index >= 15 is 0 Å². The van der Waals surface area contributed by atoms with Gasteiger partial charge in [-0.3, -0.25) is 14.3 Å². The van der Waals surface area contributed by atoms with Crippen LogP contribution in [0.2, 0.25) is 0 Å². The fourth-order valence-corrected chi connectivity index (χ4v) is 3.13. The zero-order valence-electron chi connectivity index (χ0n) is 14.2. The summed E-state index contributed by atoms with van der Waals surface area (Å²) < 4.78 is 6.83. The molecule has 4 rings (SSSR count). The summed E-state index contributed by atoms with van der Waals surface area (Å²) in [5.74, 6) is -0.147. The van der Waals surface area contributed by atoms with Gasteiger partial charge in [-0.05, 0) is 29.2 Å². The molecule has 2 aromatic carbocycles. The minimum atomic E-state index is -0.340. The van der Waals surface area contributed by atoms with Crippen LogP contribution in [0, 0.1) is 0 Å². The molecule has 1 heterocycles. The summed E-state index contributed by atoms with van der Waals surface area (Å²) in [6.45, 7) is 0.303. The summed E-state index contributed by atoms with van der Waals surface area (Å²) in [5.41, 5.74) is 4.67. The van der Waals surface area contributed by atoms with Gasteiger partial charge in [0.25, 0.3) is 0 Å². The van der Waals surface area contributed by atoms with E-state index < -0.39 is 0 Å². The SMILES string of the molecule is O=C(Cn1cc(-c2ccc3c(c2)C(=O)CC3)cn1)OCc1ccccc1. The molecule has 0 bridgehead atoms. The molecule has 1 aliphatic carbocycles. The maximum atomic E-state index is 12.0. The highest BCUT2D eigenvalue weighted by molar-refractivity contribution is 6.01. The third kappa shape index (κ3) is 3.42. The van der Waals surface area contributed by atoms with Crippen molar-refractivity contribution in [3.05, 3.63) is 77.6 Å². The lowest BCUT2D eigenvalue weighted by Gasteiger charge is -2.05. The van der Waals surface area contributed by atoms with Crippen LogP contribution in [0.3, 0.4) is 0 Å². The molecule has 130 valence electrons. The molecule has 0 saturated carbocycles. The van der Waals surface area contributed by atoms with E-state index in [1.807, 2.05) is 48.5 Å². The molecule has 0 saturated heterocycles. The number of nitrogens with zero attached hydrogens (tertiary/aromatic N) is 2. The molecule has 0 aliphatic heterocycles. The number of aryl methyl sites for hydroxylation is 1. The number of ketones is 1. The Bertz CT molecular complexity index is 960. The first-order valence-corrected chi connectivity index (χ1v) is 8.57. The number of Topliss-reactive ketones (excluding diaryl/α,β-unsaturated/α-hetero) is 1. The predicted octanol–water partition coefficient (Wildman–Crippen LogP) is 3.42. The number of rotatable bonds is 5. The normalized spacial score (nSPS) is 12.8. The summed E-state index contributed by atoms with van der Waals surface area (Å²) in [4.78, 5) is 23.9. The molecule has 5 nitrogen and oxygen atoms in total. The van der Waals surface area contributed by atoms with Crippen molar-refractivity contribution in [1.29, 1.82) is 0 Å². The molecule has 3 aromatic rings. The van der Waals surface area contributed by atoms with Gasteiger partial charge in [-0.15, -0.1) is 0 Å². The molecule has 0 unspecified atom stereocenters. The largest absolute Gasteiger partial charge is 0.459 e. The van der Waals surface area contributed by atoms with E-state index in [1.54, 1.807) is 17.1 Å². The number of ether oxygens (including phenoxy) is 1. The minimum Gasteiger partial charge on any atom is -0.459 e. The molecule has 0 spiro atoms. The number of esters is 1. The summed E-state index contributed by atoms with van der Waals surface area (Å²) >= 11 is 0. The molecule has 0 atom stereocenters. The maximum absolute atomic E-state index is 12.0. The first-order chi connectivity index (χ1) is 12.7. The van der Waals surface area contributed by atoms with Crippen molar-refractivity contribution in [2.24, 2.45) is 0 Å². The Morgan fingerprint density at radius 1 is 1.08 bits per heavy atom. The highest BCUT2D eigenvalue weighted by atomic mass is 16.5. The van der Waals surface area contributed by atoms with Crippen LogP contribution in [-0.2, 0) is 29.1 Å². The zero-order chi connectivity index (χ0) is 17.9. The molecule has 5 heteroatoms. The minimum absolute atomic E-state index is 0.0523. The molecule has 1 aliphatic rings. The molecule has 1 aromatic heterocycles. The first-order valence-electron chi connectivity index (χ1n) is 8.57. The second-order valence-corrected chi connectivity index (χ2v) is 6.37. The molecule has 0 amide bonds. The smallest absolute Gasteiger partial charge is 0.328 e. The van der Waals surface area contributed by atoms with Crippen LogP contribution >= 0.6 is 0 Å². The van der Waals surface area contributed by atoms with E-state index in [0.29, 0.717) is 6.42 Å². The number of carbonyl (C=O) groups is 2. The van der Waals surface area contributed by atoms with Crippen LogP contribution < -0.4 is 0 Å². The molecular weight excluding hydrogens is 328 g/mol. The van der Waals surface area contributed by atoms with Gasteiger partial charge in [-0.25, -0.2) is 0 Å². The molecular formula is C21H18N2O3. The molecule has 26 heavy (non-hydrogen) atoms. The standard InChI is InChI=1S/C21H18N2O3/c24-20-9-8-16-6-7-17(10-19(16)20)18-11-22-23(12-18)13-21(25)26-14-15-4-2-1-3-5-15/h1-7,10-12H,8-9,13-14H2. The Labute approximate surface area is 151 Å². The second-order valence-electron chi connectivity index (χ2n) is 6.37. The summed E-state index contributed by atoms with van der Waals surface area (Å²) in [7, 11) is 0. The van der Waals surface area contributed by atoms with Crippen molar-refractivity contribution in [2.75, 3.05) is 0 Å². The van der Waals surface area contributed by atoms with E-state index in [2.05, 4.69) is 5.10 Å². The van der Waals surface area contributed by atoms with Crippen molar-refractivity contribution in [2.45, 2.75) is 26.0 Å². The summed E-state index contributed by atoms with van der Waals surface area (Å²) in [6.07, 6.45) is 4.91. The van der Waals surface area contributed by atoms with E-state index in [1.165, 1.54) is 0 Å². The number of carbonyl (C=O) groups excluding carboxylic acids is 2. The van der Waals surface area contributed by atoms with Gasteiger partial charge in [0.1, 0.15) is 13.2 Å². The Balaban J connectivity index is 1.41.